The number of likely N-dealkylation sites (N-methyl/N-ethyl adjacent to an activating group) is 1. The van der Waals surface area contributed by atoms with Gasteiger partial charge < -0.3 is 30.2 Å². The molecule has 0 radical (unpaired) electrons. The number of anilines is 5. The average Bonchev–Trinajstić information content (AvgIpc) is 3.57. The minimum absolute atomic E-state index is 0.0509. The Morgan fingerprint density at radius 3 is 2.51 bits per heavy atom. The molecular weight excluding hydrogens is 654 g/mol. The zero-order valence-corrected chi connectivity index (χ0v) is 28.1. The highest BCUT2D eigenvalue weighted by Crippen LogP contribution is 2.38. The predicted octanol–water partition coefficient (Wildman–Crippen LogP) is 6.38. The molecule has 0 spiro atoms. The number of para-hydroxylation sites is 1. The maximum atomic E-state index is 13.4. The van der Waals surface area contributed by atoms with E-state index in [1.54, 1.807) is 30.6 Å². The van der Waals surface area contributed by atoms with Crippen LogP contribution in [0.25, 0.3) is 21.9 Å². The summed E-state index contributed by atoms with van der Waals surface area (Å²) < 4.78 is 57.9. The first kappa shape index (κ1) is 33.0. The summed E-state index contributed by atoms with van der Waals surface area (Å²) in [7, 11) is 1.95. The molecule has 0 bridgehead atoms. The van der Waals surface area contributed by atoms with E-state index < -0.39 is 12.8 Å². The number of fused-ring (bicyclic) bond motifs is 2. The second-order valence-electron chi connectivity index (χ2n) is 12.6. The number of benzene rings is 2. The van der Waals surface area contributed by atoms with Gasteiger partial charge in [-0.05, 0) is 50.6 Å². The number of alkyl halides is 3. The second kappa shape index (κ2) is 13.8. The Morgan fingerprint density at radius 1 is 0.980 bits per heavy atom. The standard InChI is InChI=1S/C34H37F3N9O2P/c1-21-17-26(29(48-20-34(35,36)37)18-28(21)46-11-8-22(9-12-46)45-15-13-44(2)14-16-45)41-33-42-31-24(7-10-38-31)32(43-33)40-27-19-39-25-6-4-3-5-23(25)30(27)49-47/h3-7,10,17-19,22H,8-9,11-16,20H2,1-2H3,(H3,38,40,41,42,43). The summed E-state index contributed by atoms with van der Waals surface area (Å²) in [6.07, 6.45) is 0.759. The molecule has 11 nitrogen and oxygen atoms in total. The number of piperazine rings is 1. The molecule has 49 heavy (non-hydrogen) atoms. The van der Waals surface area contributed by atoms with Crippen molar-refractivity contribution in [3.63, 3.8) is 0 Å². The summed E-state index contributed by atoms with van der Waals surface area (Å²) in [6.45, 7) is 6.35. The fourth-order valence-corrected chi connectivity index (χ4v) is 7.21. The van der Waals surface area contributed by atoms with Crippen LogP contribution in [-0.2, 0) is 4.57 Å². The normalized spacial score (nSPS) is 16.9. The Kier molecular flexibility index (Phi) is 9.27. The van der Waals surface area contributed by atoms with Gasteiger partial charge in [-0.1, -0.05) is 18.2 Å². The molecule has 2 fully saturated rings. The van der Waals surface area contributed by atoms with Crippen LogP contribution in [0, 0.1) is 6.92 Å². The lowest BCUT2D eigenvalue weighted by molar-refractivity contribution is -0.153. The van der Waals surface area contributed by atoms with Crippen LogP contribution in [-0.4, -0.2) is 94.9 Å². The highest BCUT2D eigenvalue weighted by Gasteiger charge is 2.31. The Bertz CT molecular complexity index is 1970. The number of rotatable bonds is 9. The molecule has 256 valence electrons. The van der Waals surface area contributed by atoms with Crippen LogP contribution in [0.4, 0.5) is 42.0 Å². The van der Waals surface area contributed by atoms with Crippen molar-refractivity contribution in [1.82, 2.24) is 29.7 Å². The van der Waals surface area contributed by atoms with Gasteiger partial charge in [-0.15, -0.1) is 0 Å². The Morgan fingerprint density at radius 2 is 1.76 bits per heavy atom. The van der Waals surface area contributed by atoms with Gasteiger partial charge in [0, 0.05) is 68.6 Å². The van der Waals surface area contributed by atoms with E-state index in [-0.39, 0.29) is 20.2 Å². The molecule has 3 N–H and O–H groups in total. The fraction of sp³-hybridized carbons (Fsp3) is 0.382. The lowest BCUT2D eigenvalue weighted by Crippen LogP contribution is -2.52. The molecule has 0 amide bonds. The third-order valence-corrected chi connectivity index (χ3v) is 9.97. The number of nitrogens with one attached hydrogen (secondary N) is 3. The number of hydrogen-bond acceptors (Lipinski definition) is 10. The number of aryl methyl sites for hydroxylation is 1. The molecule has 2 aliphatic rings. The molecule has 0 atom stereocenters. The number of aromatic nitrogens is 4. The third kappa shape index (κ3) is 7.26. The van der Waals surface area contributed by atoms with Gasteiger partial charge in [-0.2, -0.15) is 23.1 Å². The quantitative estimate of drug-likeness (QED) is 0.151. The minimum atomic E-state index is -4.52. The molecule has 0 unspecified atom stereocenters. The van der Waals surface area contributed by atoms with E-state index in [1.807, 2.05) is 31.2 Å². The summed E-state index contributed by atoms with van der Waals surface area (Å²) in [5.41, 5.74) is 3.72. The van der Waals surface area contributed by atoms with E-state index in [1.165, 1.54) is 0 Å². The third-order valence-electron chi connectivity index (χ3n) is 9.30. The number of ether oxygens (including phenoxy) is 1. The number of H-pyrrole nitrogens is 1. The van der Waals surface area contributed by atoms with Crippen LogP contribution in [0.15, 0.2) is 54.9 Å². The molecule has 2 aromatic carbocycles. The fourth-order valence-electron chi connectivity index (χ4n) is 6.71. The Balaban J connectivity index is 1.17. The second-order valence-corrected chi connectivity index (χ2v) is 13.2. The summed E-state index contributed by atoms with van der Waals surface area (Å²) in [4.78, 5) is 24.0. The molecule has 0 saturated carbocycles. The largest absolute Gasteiger partial charge is 0.482 e. The monoisotopic (exact) mass is 691 g/mol. The van der Waals surface area contributed by atoms with Crippen molar-refractivity contribution in [3.8, 4) is 5.75 Å². The molecule has 3 aromatic heterocycles. The van der Waals surface area contributed by atoms with Crippen molar-refractivity contribution < 1.29 is 22.5 Å². The molecule has 0 aliphatic carbocycles. The Hall–Kier alpha value is -4.52. The SMILES string of the molecule is Cc1cc(Nc2nc(Nc3cnc4ccccc4c3P=O)c3cc[nH]c3n2)c(OCC(F)(F)F)cc1N1CCC(N2CCN(C)CC2)CC1. The van der Waals surface area contributed by atoms with E-state index in [9.17, 15) is 17.7 Å². The van der Waals surface area contributed by atoms with Crippen molar-refractivity contribution in [2.45, 2.75) is 32.0 Å². The first-order valence-electron chi connectivity index (χ1n) is 16.3. The van der Waals surface area contributed by atoms with Crippen molar-refractivity contribution in [3.05, 3.63) is 60.4 Å². The van der Waals surface area contributed by atoms with Crippen molar-refractivity contribution >= 4 is 64.5 Å². The zero-order valence-electron chi connectivity index (χ0n) is 27.2. The van der Waals surface area contributed by atoms with Crippen LogP contribution in [0.5, 0.6) is 5.75 Å². The van der Waals surface area contributed by atoms with Crippen LogP contribution in [0.1, 0.15) is 18.4 Å². The van der Waals surface area contributed by atoms with Crippen molar-refractivity contribution in [1.29, 1.82) is 0 Å². The number of piperidine rings is 1. The van der Waals surface area contributed by atoms with Gasteiger partial charge in [0.05, 0.1) is 33.8 Å². The summed E-state index contributed by atoms with van der Waals surface area (Å²) in [5, 5.41) is 8.27. The van der Waals surface area contributed by atoms with Gasteiger partial charge in [0.15, 0.2) is 15.1 Å². The number of aromatic amines is 1. The topological polar surface area (TPSA) is 115 Å². The van der Waals surface area contributed by atoms with Gasteiger partial charge in [0.25, 0.3) is 0 Å². The van der Waals surface area contributed by atoms with Gasteiger partial charge in [0.2, 0.25) is 5.95 Å². The lowest BCUT2D eigenvalue weighted by Gasteiger charge is -2.43. The van der Waals surface area contributed by atoms with E-state index >= 15 is 0 Å². The lowest BCUT2D eigenvalue weighted by atomic mass is 10.0. The van der Waals surface area contributed by atoms with E-state index in [2.05, 4.69) is 52.3 Å². The smallest absolute Gasteiger partial charge is 0.422 e. The van der Waals surface area contributed by atoms with Crippen LogP contribution < -0.4 is 25.6 Å². The molecule has 2 saturated heterocycles. The number of pyridine rings is 1. The average molecular weight is 692 g/mol. The van der Waals surface area contributed by atoms with Crippen LogP contribution in [0.3, 0.4) is 0 Å². The first-order chi connectivity index (χ1) is 23.6. The minimum Gasteiger partial charge on any atom is -0.482 e. The van der Waals surface area contributed by atoms with E-state index in [4.69, 9.17) is 4.74 Å². The maximum absolute atomic E-state index is 13.4. The van der Waals surface area contributed by atoms with Crippen molar-refractivity contribution in [2.24, 2.45) is 0 Å². The molecule has 5 aromatic rings. The summed E-state index contributed by atoms with van der Waals surface area (Å²) in [6, 6.07) is 13.2. The van der Waals surface area contributed by atoms with Gasteiger partial charge in [-0.3, -0.25) is 14.4 Å². The highest BCUT2D eigenvalue weighted by atomic mass is 31.1. The van der Waals surface area contributed by atoms with Gasteiger partial charge >= 0.3 is 6.18 Å². The molecule has 15 heteroatoms. The Labute approximate surface area is 283 Å². The molecule has 7 rings (SSSR count). The summed E-state index contributed by atoms with van der Waals surface area (Å²) >= 11 is 0. The van der Waals surface area contributed by atoms with Gasteiger partial charge in [0.1, 0.15) is 17.2 Å². The summed E-state index contributed by atoms with van der Waals surface area (Å²) in [5.74, 6) is 0.574. The molecule has 2 aliphatic heterocycles. The zero-order chi connectivity index (χ0) is 34.1. The molecular formula is C34H37F3N9O2P. The predicted molar refractivity (Wildman–Crippen MR) is 186 cm³/mol. The van der Waals surface area contributed by atoms with Crippen LogP contribution in [0.2, 0.25) is 0 Å². The maximum Gasteiger partial charge on any atom is 0.422 e. The van der Waals surface area contributed by atoms with Gasteiger partial charge in [-0.25, -0.2) is 0 Å². The van der Waals surface area contributed by atoms with E-state index in [0.717, 1.165) is 68.7 Å². The number of halogens is 3. The van der Waals surface area contributed by atoms with Crippen LogP contribution >= 0.6 is 8.46 Å². The van der Waals surface area contributed by atoms with Crippen molar-refractivity contribution in [2.75, 3.05) is 68.5 Å². The van der Waals surface area contributed by atoms with E-state index in [0.29, 0.717) is 45.1 Å². The number of nitrogens with zero attached hydrogens (tertiary/aromatic N) is 6. The molecule has 5 heterocycles. The number of hydrogen-bond donors (Lipinski definition) is 3. The highest BCUT2D eigenvalue weighted by molar-refractivity contribution is 7.35. The first-order valence-corrected chi connectivity index (χ1v) is 17.1.